The van der Waals surface area contributed by atoms with Crippen molar-refractivity contribution in [3.8, 4) is 22.5 Å². The first-order chi connectivity index (χ1) is 24.6. The minimum atomic E-state index is -0.701. The number of nitrogens with one attached hydrogen (secondary N) is 1. The number of nitrogen functional groups attached to an aromatic ring is 1. The largest absolute Gasteiger partial charge is 0.375 e. The number of benzene rings is 2. The molecule has 0 fully saturated rings. The third kappa shape index (κ3) is 9.18. The van der Waals surface area contributed by atoms with Crippen LogP contribution in [0, 0.1) is 33.6 Å². The van der Waals surface area contributed by atoms with Crippen LogP contribution in [0.3, 0.4) is 0 Å². The van der Waals surface area contributed by atoms with Crippen LogP contribution in [0.2, 0.25) is 0 Å². The molecule has 7 aromatic rings. The van der Waals surface area contributed by atoms with E-state index in [0.717, 1.165) is 59.6 Å². The SMILES string of the molecule is Cc1cc(Sc2cnccn2)cc(C)c1-c1csc(N)n1.Cc1cc(Sc2cnccn2)cc(C)c1-c1csc(NC(=O)c2ccnc(F)c2)n1. The third-order valence-corrected chi connectivity index (χ3v) is 10.5. The maximum absolute atomic E-state index is 13.2. The van der Waals surface area contributed by atoms with E-state index < -0.39 is 11.9 Å². The van der Waals surface area contributed by atoms with Gasteiger partial charge in [-0.1, -0.05) is 23.5 Å². The van der Waals surface area contributed by atoms with Crippen molar-refractivity contribution in [1.29, 1.82) is 0 Å². The van der Waals surface area contributed by atoms with Gasteiger partial charge in [0.15, 0.2) is 10.3 Å². The molecule has 256 valence electrons. The molecule has 0 spiro atoms. The smallest absolute Gasteiger partial charge is 0.257 e. The molecule has 5 heterocycles. The Kier molecular flexibility index (Phi) is 11.4. The Bertz CT molecular complexity index is 2250. The summed E-state index contributed by atoms with van der Waals surface area (Å²) in [4.78, 5) is 43.7. The van der Waals surface area contributed by atoms with Crippen molar-refractivity contribution < 1.29 is 9.18 Å². The third-order valence-electron chi connectivity index (χ3n) is 7.28. The lowest BCUT2D eigenvalue weighted by Crippen LogP contribution is -2.12. The zero-order valence-electron chi connectivity index (χ0n) is 27.8. The molecule has 0 radical (unpaired) electrons. The summed E-state index contributed by atoms with van der Waals surface area (Å²) >= 11 is 5.94. The van der Waals surface area contributed by atoms with Crippen LogP contribution in [0.25, 0.3) is 22.5 Å². The summed E-state index contributed by atoms with van der Waals surface area (Å²) in [7, 11) is 0. The van der Waals surface area contributed by atoms with Gasteiger partial charge in [-0.15, -0.1) is 22.7 Å². The summed E-state index contributed by atoms with van der Waals surface area (Å²) in [6.07, 6.45) is 11.4. The lowest BCUT2D eigenvalue weighted by molar-refractivity contribution is 0.102. The zero-order valence-corrected chi connectivity index (χ0v) is 31.1. The van der Waals surface area contributed by atoms with E-state index in [1.54, 1.807) is 60.7 Å². The normalized spacial score (nSPS) is 10.8. The van der Waals surface area contributed by atoms with E-state index in [0.29, 0.717) is 10.3 Å². The van der Waals surface area contributed by atoms with Crippen molar-refractivity contribution in [2.45, 2.75) is 47.5 Å². The summed E-state index contributed by atoms with van der Waals surface area (Å²) < 4.78 is 13.2. The Morgan fingerprint density at radius 1 is 0.706 bits per heavy atom. The van der Waals surface area contributed by atoms with Crippen molar-refractivity contribution in [2.75, 3.05) is 11.1 Å². The fourth-order valence-electron chi connectivity index (χ4n) is 5.25. The molecule has 0 bridgehead atoms. The number of nitrogens with two attached hydrogens (primary N) is 1. The van der Waals surface area contributed by atoms with Gasteiger partial charge in [-0.3, -0.25) is 20.1 Å². The Labute approximate surface area is 310 Å². The molecule has 0 atom stereocenters. The molecule has 0 aliphatic carbocycles. The lowest BCUT2D eigenvalue weighted by atomic mass is 10.0. The first kappa shape index (κ1) is 35.7. The summed E-state index contributed by atoms with van der Waals surface area (Å²) in [5.74, 6) is -1.13. The molecule has 10 nitrogen and oxygen atoms in total. The van der Waals surface area contributed by atoms with Crippen LogP contribution in [0.5, 0.6) is 0 Å². The number of carbonyl (C=O) groups excluding carboxylic acids is 1. The van der Waals surface area contributed by atoms with Crippen LogP contribution in [-0.4, -0.2) is 40.8 Å². The molecule has 1 amide bonds. The van der Waals surface area contributed by atoms with Gasteiger partial charge in [0.1, 0.15) is 10.1 Å². The van der Waals surface area contributed by atoms with Crippen LogP contribution >= 0.6 is 46.2 Å². The van der Waals surface area contributed by atoms with Crippen LogP contribution in [0.1, 0.15) is 32.6 Å². The van der Waals surface area contributed by atoms with E-state index in [-0.39, 0.29) is 5.56 Å². The quantitative estimate of drug-likeness (QED) is 0.143. The van der Waals surface area contributed by atoms with Crippen molar-refractivity contribution in [2.24, 2.45) is 0 Å². The van der Waals surface area contributed by atoms with E-state index >= 15 is 0 Å². The van der Waals surface area contributed by atoms with Crippen molar-refractivity contribution in [1.82, 2.24) is 34.9 Å². The second kappa shape index (κ2) is 16.3. The zero-order chi connectivity index (χ0) is 35.9. The van der Waals surface area contributed by atoms with E-state index in [1.807, 2.05) is 24.6 Å². The number of amides is 1. The minimum Gasteiger partial charge on any atom is -0.375 e. The summed E-state index contributed by atoms with van der Waals surface area (Å²) in [6, 6.07) is 11.0. The topological polar surface area (TPSA) is 145 Å². The number of aromatic nitrogens is 7. The number of aryl methyl sites for hydroxylation is 4. The second-order valence-electron chi connectivity index (χ2n) is 11.1. The Morgan fingerprint density at radius 3 is 1.71 bits per heavy atom. The first-order valence-corrected chi connectivity index (χ1v) is 18.7. The molecular weight excluding hydrogens is 722 g/mol. The Morgan fingerprint density at radius 2 is 1.24 bits per heavy atom. The van der Waals surface area contributed by atoms with Crippen LogP contribution in [0.15, 0.2) is 110 Å². The number of nitrogens with zero attached hydrogens (tertiary/aromatic N) is 7. The number of carbonyl (C=O) groups is 1. The average Bonchev–Trinajstić information content (AvgIpc) is 3.74. The molecule has 0 saturated carbocycles. The van der Waals surface area contributed by atoms with E-state index in [4.69, 9.17) is 5.73 Å². The van der Waals surface area contributed by atoms with E-state index in [1.165, 1.54) is 46.1 Å². The fraction of sp³-hybridized carbons (Fsp3) is 0.111. The number of rotatable bonds is 8. The van der Waals surface area contributed by atoms with Crippen LogP contribution in [0.4, 0.5) is 14.7 Å². The van der Waals surface area contributed by atoms with Crippen LogP contribution in [-0.2, 0) is 0 Å². The molecule has 51 heavy (non-hydrogen) atoms. The predicted molar refractivity (Wildman–Crippen MR) is 203 cm³/mol. The average molecular weight is 752 g/mol. The van der Waals surface area contributed by atoms with Gasteiger partial charge < -0.3 is 5.73 Å². The summed E-state index contributed by atoms with van der Waals surface area (Å²) in [6.45, 7) is 8.25. The van der Waals surface area contributed by atoms with Crippen molar-refractivity contribution in [3.05, 3.63) is 124 Å². The molecule has 0 unspecified atom stereocenters. The molecular formula is C36H30FN9OS4. The highest BCUT2D eigenvalue weighted by Gasteiger charge is 2.15. The van der Waals surface area contributed by atoms with E-state index in [9.17, 15) is 9.18 Å². The van der Waals surface area contributed by atoms with Gasteiger partial charge in [-0.25, -0.2) is 24.9 Å². The van der Waals surface area contributed by atoms with Gasteiger partial charge in [0.05, 0.1) is 23.8 Å². The predicted octanol–water partition coefficient (Wildman–Crippen LogP) is 9.10. The highest BCUT2D eigenvalue weighted by molar-refractivity contribution is 7.99. The van der Waals surface area contributed by atoms with Crippen molar-refractivity contribution >= 4 is 62.4 Å². The monoisotopic (exact) mass is 751 g/mol. The molecule has 3 N–H and O–H groups in total. The van der Waals surface area contributed by atoms with Gasteiger partial charge in [0, 0.05) is 74.3 Å². The number of thiazole rings is 2. The molecule has 0 aliphatic heterocycles. The second-order valence-corrected chi connectivity index (χ2v) is 15.0. The maximum atomic E-state index is 13.2. The molecule has 2 aromatic carbocycles. The molecule has 0 saturated heterocycles. The highest BCUT2D eigenvalue weighted by Crippen LogP contribution is 2.36. The van der Waals surface area contributed by atoms with Gasteiger partial charge >= 0.3 is 0 Å². The molecule has 0 aliphatic rings. The molecule has 15 heteroatoms. The minimum absolute atomic E-state index is 0.192. The summed E-state index contributed by atoms with van der Waals surface area (Å²) in [5, 5.41) is 9.38. The van der Waals surface area contributed by atoms with E-state index in [2.05, 4.69) is 78.3 Å². The lowest BCUT2D eigenvalue weighted by Gasteiger charge is -2.10. The first-order valence-electron chi connectivity index (χ1n) is 15.3. The number of pyridine rings is 1. The van der Waals surface area contributed by atoms with Gasteiger partial charge in [-0.2, -0.15) is 4.39 Å². The van der Waals surface area contributed by atoms with Gasteiger partial charge in [0.25, 0.3) is 5.91 Å². The van der Waals surface area contributed by atoms with Gasteiger partial charge in [-0.05, 0) is 80.3 Å². The fourth-order valence-corrected chi connectivity index (χ4v) is 8.38. The Balaban J connectivity index is 0.000000187. The van der Waals surface area contributed by atoms with Crippen LogP contribution < -0.4 is 11.1 Å². The maximum Gasteiger partial charge on any atom is 0.257 e. The van der Waals surface area contributed by atoms with Gasteiger partial charge in [0.2, 0.25) is 5.95 Å². The molecule has 5 aromatic heterocycles. The van der Waals surface area contributed by atoms with Crippen molar-refractivity contribution in [3.63, 3.8) is 0 Å². The molecule has 7 rings (SSSR count). The standard InChI is InChI=1S/C21H16FN5OS2.C15H14N4S2/c1-12-7-15(30-18-10-23-5-6-25-18)8-13(2)19(12)16-11-29-21(26-16)27-20(28)14-3-4-24-17(22)9-14;1-9-5-11(21-13-7-17-3-4-18-13)6-10(2)14(9)12-8-20-15(16)19-12/h3-11H,1-2H3,(H,26,27,28);3-8H,1-2H3,(H2,16,19). The number of hydrogen-bond acceptors (Lipinski definition) is 13. The Hall–Kier alpha value is -5.09. The number of anilines is 2. The summed E-state index contributed by atoms with van der Waals surface area (Å²) in [5.41, 5.74) is 14.3. The highest BCUT2D eigenvalue weighted by atomic mass is 32.2. The number of halogens is 1. The number of hydrogen-bond donors (Lipinski definition) is 2.